The van der Waals surface area contributed by atoms with Gasteiger partial charge in [-0.3, -0.25) is 0 Å². The molecule has 0 spiro atoms. The van der Waals surface area contributed by atoms with Crippen molar-refractivity contribution in [2.75, 3.05) is 0 Å². The van der Waals surface area contributed by atoms with Gasteiger partial charge in [-0.05, 0) is 78.9 Å². The molecule has 41 heavy (non-hydrogen) atoms. The fraction of sp³-hybridized carbons (Fsp3) is 0.171. The van der Waals surface area contributed by atoms with Crippen molar-refractivity contribution >= 4 is 33.0 Å². The SMILES string of the molecule is CCCc1nc2c(C)c(Cc3cccc4c3ccn4-c3ccccc3C#N)c(-c3nc4ccccc4n3C)cc2[nH]1. The minimum atomic E-state index is 0.655. The Labute approximate surface area is 238 Å². The highest BCUT2D eigenvalue weighted by Gasteiger charge is 2.21. The Morgan fingerprint density at radius 2 is 1.73 bits per heavy atom. The number of nitrogens with one attached hydrogen (secondary N) is 1. The highest BCUT2D eigenvalue weighted by Crippen LogP contribution is 2.36. The zero-order valence-electron chi connectivity index (χ0n) is 23.4. The molecule has 1 N–H and O–H groups in total. The lowest BCUT2D eigenvalue weighted by atomic mass is 9.92. The molecule has 3 heterocycles. The minimum Gasteiger partial charge on any atom is -0.342 e. The third-order valence-corrected chi connectivity index (χ3v) is 8.19. The van der Waals surface area contributed by atoms with Crippen molar-refractivity contribution in [2.24, 2.45) is 7.05 Å². The van der Waals surface area contributed by atoms with Crippen molar-refractivity contribution in [1.82, 2.24) is 24.1 Å². The van der Waals surface area contributed by atoms with Crippen LogP contribution in [0.2, 0.25) is 0 Å². The Balaban J connectivity index is 1.43. The van der Waals surface area contributed by atoms with Gasteiger partial charge in [-0.15, -0.1) is 0 Å². The number of rotatable bonds is 6. The summed E-state index contributed by atoms with van der Waals surface area (Å²) in [4.78, 5) is 13.7. The van der Waals surface area contributed by atoms with Crippen molar-refractivity contribution in [3.63, 3.8) is 0 Å². The number of aromatic amines is 1. The Bertz CT molecular complexity index is 2130. The van der Waals surface area contributed by atoms with Crippen LogP contribution < -0.4 is 0 Å². The lowest BCUT2D eigenvalue weighted by molar-refractivity contribution is 0.861. The molecule has 4 aromatic carbocycles. The normalized spacial score (nSPS) is 11.6. The second-order valence-electron chi connectivity index (χ2n) is 10.7. The van der Waals surface area contributed by atoms with Crippen molar-refractivity contribution in [3.8, 4) is 23.1 Å². The number of benzene rings is 4. The van der Waals surface area contributed by atoms with Crippen LogP contribution in [0.25, 0.3) is 50.0 Å². The fourth-order valence-electron chi connectivity index (χ4n) is 6.14. The maximum absolute atomic E-state index is 9.73. The van der Waals surface area contributed by atoms with Crippen LogP contribution in [0.5, 0.6) is 0 Å². The van der Waals surface area contributed by atoms with Gasteiger partial charge in [0.2, 0.25) is 0 Å². The van der Waals surface area contributed by atoms with Gasteiger partial charge in [-0.2, -0.15) is 5.26 Å². The highest BCUT2D eigenvalue weighted by atomic mass is 15.1. The summed E-state index contributed by atoms with van der Waals surface area (Å²) in [6.45, 7) is 4.37. The number of fused-ring (bicyclic) bond motifs is 3. The molecule has 0 saturated carbocycles. The van der Waals surface area contributed by atoms with E-state index in [4.69, 9.17) is 9.97 Å². The van der Waals surface area contributed by atoms with Crippen molar-refractivity contribution < 1.29 is 0 Å². The number of nitrogens with zero attached hydrogens (tertiary/aromatic N) is 5. The summed E-state index contributed by atoms with van der Waals surface area (Å²) in [6, 6.07) is 29.2. The minimum absolute atomic E-state index is 0.655. The number of para-hydroxylation sites is 3. The van der Waals surface area contributed by atoms with E-state index in [-0.39, 0.29) is 0 Å². The van der Waals surface area contributed by atoms with E-state index in [0.29, 0.717) is 5.56 Å². The fourth-order valence-corrected chi connectivity index (χ4v) is 6.14. The number of imidazole rings is 2. The van der Waals surface area contributed by atoms with Crippen LogP contribution in [-0.2, 0) is 19.9 Å². The van der Waals surface area contributed by atoms with Crippen LogP contribution in [-0.4, -0.2) is 24.1 Å². The molecule has 0 bridgehead atoms. The maximum atomic E-state index is 9.73. The molecule has 0 radical (unpaired) electrons. The van der Waals surface area contributed by atoms with Crippen LogP contribution in [0.4, 0.5) is 0 Å². The molecule has 0 aliphatic heterocycles. The van der Waals surface area contributed by atoms with E-state index in [0.717, 1.165) is 69.7 Å². The second kappa shape index (κ2) is 9.79. The molecule has 0 unspecified atom stereocenters. The van der Waals surface area contributed by atoms with Crippen molar-refractivity contribution in [3.05, 3.63) is 113 Å². The van der Waals surface area contributed by atoms with Gasteiger partial charge in [0.15, 0.2) is 0 Å². The molecule has 0 aliphatic rings. The third kappa shape index (κ3) is 4.01. The molecule has 0 aliphatic carbocycles. The summed E-state index contributed by atoms with van der Waals surface area (Å²) in [5.74, 6) is 1.97. The summed E-state index contributed by atoms with van der Waals surface area (Å²) >= 11 is 0. The predicted octanol–water partition coefficient (Wildman–Crippen LogP) is 7.78. The van der Waals surface area contributed by atoms with E-state index in [2.05, 4.69) is 95.8 Å². The van der Waals surface area contributed by atoms with Gasteiger partial charge < -0.3 is 14.1 Å². The van der Waals surface area contributed by atoms with Gasteiger partial charge in [0.1, 0.15) is 17.7 Å². The molecule has 7 rings (SSSR count). The molecule has 200 valence electrons. The zero-order valence-corrected chi connectivity index (χ0v) is 23.4. The monoisotopic (exact) mass is 534 g/mol. The number of hydrogen-bond donors (Lipinski definition) is 1. The summed E-state index contributed by atoms with van der Waals surface area (Å²) in [7, 11) is 2.09. The van der Waals surface area contributed by atoms with Gasteiger partial charge in [0, 0.05) is 30.6 Å². The molecule has 0 atom stereocenters. The van der Waals surface area contributed by atoms with Gasteiger partial charge in [-0.25, -0.2) is 9.97 Å². The second-order valence-corrected chi connectivity index (χ2v) is 10.7. The van der Waals surface area contributed by atoms with E-state index < -0.39 is 0 Å². The average molecular weight is 535 g/mol. The van der Waals surface area contributed by atoms with Gasteiger partial charge in [-0.1, -0.05) is 43.3 Å². The lowest BCUT2D eigenvalue weighted by Crippen LogP contribution is -2.02. The third-order valence-electron chi connectivity index (χ3n) is 8.19. The van der Waals surface area contributed by atoms with Crippen LogP contribution in [0.1, 0.15) is 41.4 Å². The Hall–Kier alpha value is -5.15. The Kier molecular flexibility index (Phi) is 5.94. The van der Waals surface area contributed by atoms with E-state index in [9.17, 15) is 5.26 Å². The number of H-pyrrole nitrogens is 1. The Morgan fingerprint density at radius 1 is 0.927 bits per heavy atom. The summed E-state index contributed by atoms with van der Waals surface area (Å²) < 4.78 is 4.31. The smallest absolute Gasteiger partial charge is 0.141 e. The highest BCUT2D eigenvalue weighted by molar-refractivity contribution is 5.91. The van der Waals surface area contributed by atoms with E-state index in [1.54, 1.807) is 0 Å². The molecule has 7 aromatic rings. The van der Waals surface area contributed by atoms with Gasteiger partial charge in [0.25, 0.3) is 0 Å². The number of nitriles is 1. The molecule has 3 aromatic heterocycles. The first kappa shape index (κ1) is 24.9. The number of hydrogen-bond acceptors (Lipinski definition) is 3. The number of aromatic nitrogens is 5. The zero-order chi connectivity index (χ0) is 28.1. The average Bonchev–Trinajstić information content (AvgIpc) is 3.70. The predicted molar refractivity (Wildman–Crippen MR) is 165 cm³/mol. The topological polar surface area (TPSA) is 75.2 Å². The molecule has 0 saturated heterocycles. The van der Waals surface area contributed by atoms with Crippen LogP contribution >= 0.6 is 0 Å². The van der Waals surface area contributed by atoms with Gasteiger partial charge in [0.05, 0.1) is 38.8 Å². The lowest BCUT2D eigenvalue weighted by Gasteiger charge is -2.15. The molecule has 6 nitrogen and oxygen atoms in total. The quantitative estimate of drug-likeness (QED) is 0.237. The van der Waals surface area contributed by atoms with Crippen molar-refractivity contribution in [1.29, 1.82) is 5.26 Å². The first-order chi connectivity index (χ1) is 20.1. The molecule has 0 fully saturated rings. The van der Waals surface area contributed by atoms with E-state index in [1.165, 1.54) is 22.1 Å². The maximum Gasteiger partial charge on any atom is 0.141 e. The van der Waals surface area contributed by atoms with Crippen molar-refractivity contribution in [2.45, 2.75) is 33.1 Å². The molecular weight excluding hydrogens is 504 g/mol. The first-order valence-corrected chi connectivity index (χ1v) is 14.1. The molecular formula is C35H30N6. The van der Waals surface area contributed by atoms with Crippen LogP contribution in [0.15, 0.2) is 85.1 Å². The molecule has 0 amide bonds. The van der Waals surface area contributed by atoms with Gasteiger partial charge >= 0.3 is 0 Å². The van der Waals surface area contributed by atoms with E-state index >= 15 is 0 Å². The van der Waals surface area contributed by atoms with Crippen LogP contribution in [0, 0.1) is 18.3 Å². The first-order valence-electron chi connectivity index (χ1n) is 14.1. The Morgan fingerprint density at radius 3 is 2.56 bits per heavy atom. The summed E-state index contributed by atoms with van der Waals surface area (Å²) in [5, 5.41) is 10.9. The number of aryl methyl sites for hydroxylation is 3. The summed E-state index contributed by atoms with van der Waals surface area (Å²) in [6.07, 6.45) is 4.76. The molecule has 6 heteroatoms. The van der Waals surface area contributed by atoms with E-state index in [1.807, 2.05) is 30.3 Å². The standard InChI is InChI=1S/C35H30N6/c1-4-10-33-37-29-20-27(35-38-28-13-6-8-15-32(28)40(35)3)26(22(2)34(29)39-33)19-23-12-9-16-31-25(23)17-18-41(31)30-14-7-5-11-24(30)21-36/h5-9,11-18,20H,4,10,19H2,1-3H3,(H,37,39). The van der Waals surface area contributed by atoms with Crippen LogP contribution in [0.3, 0.4) is 0 Å². The summed E-state index contributed by atoms with van der Waals surface area (Å²) in [5.41, 5.74) is 11.5. The largest absolute Gasteiger partial charge is 0.342 e.